The van der Waals surface area contributed by atoms with Gasteiger partial charge in [0.1, 0.15) is 17.9 Å². The Kier molecular flexibility index (Phi) is 9.98. The van der Waals surface area contributed by atoms with Crippen LogP contribution >= 0.6 is 0 Å². The highest BCUT2D eigenvalue weighted by molar-refractivity contribution is 5.86. The number of carbonyl (C=O) groups is 2. The van der Waals surface area contributed by atoms with Crippen LogP contribution in [0.5, 0.6) is 5.88 Å². The van der Waals surface area contributed by atoms with Crippen LogP contribution in [0.3, 0.4) is 0 Å². The van der Waals surface area contributed by atoms with Crippen LogP contribution in [0.2, 0.25) is 0 Å². The van der Waals surface area contributed by atoms with Gasteiger partial charge in [0.05, 0.1) is 18.8 Å². The maximum atomic E-state index is 12.4. The van der Waals surface area contributed by atoms with E-state index in [4.69, 9.17) is 18.9 Å². The Morgan fingerprint density at radius 3 is 2.44 bits per heavy atom. The predicted octanol–water partition coefficient (Wildman–Crippen LogP) is 5.06. The molecule has 1 aromatic heterocycles. The Morgan fingerprint density at radius 2 is 1.78 bits per heavy atom. The van der Waals surface area contributed by atoms with Gasteiger partial charge in [0.25, 0.3) is 5.88 Å². The van der Waals surface area contributed by atoms with Gasteiger partial charge < -0.3 is 24.3 Å². The van der Waals surface area contributed by atoms with E-state index in [0.717, 1.165) is 31.2 Å². The second kappa shape index (κ2) is 13.2. The van der Waals surface area contributed by atoms with Crippen molar-refractivity contribution in [3.8, 4) is 5.88 Å². The average molecular weight is 503 g/mol. The Hall–Kier alpha value is -3.27. The van der Waals surface area contributed by atoms with Gasteiger partial charge in [-0.05, 0) is 52.0 Å². The molecule has 0 saturated heterocycles. The van der Waals surface area contributed by atoms with Gasteiger partial charge >= 0.3 is 12.2 Å². The molecule has 0 bridgehead atoms. The first-order valence-corrected chi connectivity index (χ1v) is 12.4. The summed E-state index contributed by atoms with van der Waals surface area (Å²) < 4.78 is 23.5. The molecule has 0 radical (unpaired) electrons. The standard InChI is InChI=1S/C26H38N4O6/c1-26(2,3)36-25(32)27-20-11-13-21(14-12-20)30-17-22(23(29-30)34-16-8-15-33-4)28-24(31)35-18-19-9-6-5-7-10-19/h5-7,9-10,17,20-21H,8,11-16,18H2,1-4H3,(H,27,32)(H,28,31). The number of methoxy groups -OCH3 is 1. The topological polar surface area (TPSA) is 113 Å². The van der Waals surface area contributed by atoms with Crippen LogP contribution in [0.15, 0.2) is 36.5 Å². The molecule has 0 spiro atoms. The lowest BCUT2D eigenvalue weighted by molar-refractivity contribution is 0.0487. The highest BCUT2D eigenvalue weighted by Gasteiger charge is 2.27. The number of hydrogen-bond donors (Lipinski definition) is 2. The normalized spacial score (nSPS) is 17.8. The molecular weight excluding hydrogens is 464 g/mol. The average Bonchev–Trinajstić information content (AvgIpc) is 3.23. The molecule has 0 atom stereocenters. The number of rotatable bonds is 10. The number of hydrogen-bond acceptors (Lipinski definition) is 7. The van der Waals surface area contributed by atoms with E-state index in [9.17, 15) is 9.59 Å². The van der Waals surface area contributed by atoms with Crippen molar-refractivity contribution in [1.29, 1.82) is 0 Å². The maximum Gasteiger partial charge on any atom is 0.412 e. The van der Waals surface area contributed by atoms with Crippen LogP contribution in [0, 0.1) is 0 Å². The third-order valence-corrected chi connectivity index (χ3v) is 5.67. The smallest absolute Gasteiger partial charge is 0.412 e. The SMILES string of the molecule is COCCCOc1nn(C2CCC(NC(=O)OC(C)(C)C)CC2)cc1NC(=O)OCc1ccccc1. The monoisotopic (exact) mass is 502 g/mol. The summed E-state index contributed by atoms with van der Waals surface area (Å²) >= 11 is 0. The molecule has 2 amide bonds. The molecule has 0 aliphatic heterocycles. The van der Waals surface area contributed by atoms with Gasteiger partial charge in [0.15, 0.2) is 0 Å². The van der Waals surface area contributed by atoms with Crippen molar-refractivity contribution in [3.63, 3.8) is 0 Å². The van der Waals surface area contributed by atoms with E-state index in [2.05, 4.69) is 15.7 Å². The van der Waals surface area contributed by atoms with Gasteiger partial charge in [-0.1, -0.05) is 30.3 Å². The van der Waals surface area contributed by atoms with E-state index in [1.165, 1.54) is 0 Å². The van der Waals surface area contributed by atoms with Crippen molar-refractivity contribution < 1.29 is 28.5 Å². The minimum absolute atomic E-state index is 0.0574. The lowest BCUT2D eigenvalue weighted by Gasteiger charge is -2.30. The van der Waals surface area contributed by atoms with Crippen LogP contribution in [-0.2, 0) is 20.8 Å². The van der Waals surface area contributed by atoms with Crippen LogP contribution < -0.4 is 15.4 Å². The highest BCUT2D eigenvalue weighted by atomic mass is 16.6. The van der Waals surface area contributed by atoms with Gasteiger partial charge in [0.2, 0.25) is 0 Å². The van der Waals surface area contributed by atoms with Crippen molar-refractivity contribution in [2.45, 2.75) is 77.2 Å². The second-order valence-corrected chi connectivity index (χ2v) is 9.86. The van der Waals surface area contributed by atoms with E-state index in [0.29, 0.717) is 31.2 Å². The van der Waals surface area contributed by atoms with E-state index in [1.807, 2.05) is 55.8 Å². The summed E-state index contributed by atoms with van der Waals surface area (Å²) in [6.07, 6.45) is 4.75. The van der Waals surface area contributed by atoms with Gasteiger partial charge in [-0.15, -0.1) is 5.10 Å². The molecule has 3 rings (SSSR count). The molecule has 198 valence electrons. The summed E-state index contributed by atoms with van der Waals surface area (Å²) in [5.74, 6) is 0.344. The number of nitrogens with one attached hydrogen (secondary N) is 2. The quantitative estimate of drug-likeness (QED) is 0.437. The molecule has 2 aromatic rings. The predicted molar refractivity (Wildman–Crippen MR) is 135 cm³/mol. The van der Waals surface area contributed by atoms with Crippen molar-refractivity contribution in [2.24, 2.45) is 0 Å². The fraction of sp³-hybridized carbons (Fsp3) is 0.577. The van der Waals surface area contributed by atoms with Crippen molar-refractivity contribution in [1.82, 2.24) is 15.1 Å². The van der Waals surface area contributed by atoms with E-state index < -0.39 is 17.8 Å². The van der Waals surface area contributed by atoms with Crippen LogP contribution in [0.4, 0.5) is 15.3 Å². The molecule has 1 fully saturated rings. The number of anilines is 1. The lowest BCUT2D eigenvalue weighted by atomic mass is 9.91. The molecular formula is C26H38N4O6. The van der Waals surface area contributed by atoms with Crippen molar-refractivity contribution in [2.75, 3.05) is 25.6 Å². The number of carbonyl (C=O) groups excluding carboxylic acids is 2. The number of amides is 2. The van der Waals surface area contributed by atoms with E-state index >= 15 is 0 Å². The zero-order valence-corrected chi connectivity index (χ0v) is 21.6. The minimum Gasteiger partial charge on any atom is -0.475 e. The summed E-state index contributed by atoms with van der Waals surface area (Å²) in [6, 6.07) is 9.66. The first-order valence-electron chi connectivity index (χ1n) is 12.4. The highest BCUT2D eigenvalue weighted by Crippen LogP contribution is 2.32. The zero-order chi connectivity index (χ0) is 26.0. The molecule has 1 heterocycles. The largest absolute Gasteiger partial charge is 0.475 e. The summed E-state index contributed by atoms with van der Waals surface area (Å²) in [5.41, 5.74) is 0.831. The molecule has 2 N–H and O–H groups in total. The minimum atomic E-state index is -0.578. The van der Waals surface area contributed by atoms with E-state index in [1.54, 1.807) is 13.3 Å². The lowest BCUT2D eigenvalue weighted by Crippen LogP contribution is -2.41. The molecule has 10 heteroatoms. The summed E-state index contributed by atoms with van der Waals surface area (Å²) in [7, 11) is 1.64. The summed E-state index contributed by atoms with van der Waals surface area (Å²) in [4.78, 5) is 24.5. The third kappa shape index (κ3) is 9.07. The fourth-order valence-corrected chi connectivity index (χ4v) is 3.95. The molecule has 1 aliphatic rings. The third-order valence-electron chi connectivity index (χ3n) is 5.67. The Labute approximate surface area is 212 Å². The number of benzene rings is 1. The van der Waals surface area contributed by atoms with Crippen LogP contribution in [0.25, 0.3) is 0 Å². The second-order valence-electron chi connectivity index (χ2n) is 9.86. The molecule has 1 aliphatic carbocycles. The Morgan fingerprint density at radius 1 is 1.06 bits per heavy atom. The number of nitrogens with zero attached hydrogens (tertiary/aromatic N) is 2. The van der Waals surface area contributed by atoms with Crippen molar-refractivity contribution in [3.05, 3.63) is 42.1 Å². The van der Waals surface area contributed by atoms with Gasteiger partial charge in [0, 0.05) is 26.2 Å². The summed E-state index contributed by atoms with van der Waals surface area (Å²) in [6.45, 7) is 6.68. The molecule has 1 aromatic carbocycles. The van der Waals surface area contributed by atoms with Gasteiger partial charge in [-0.25, -0.2) is 9.59 Å². The fourth-order valence-electron chi connectivity index (χ4n) is 3.95. The number of ether oxygens (including phenoxy) is 4. The maximum absolute atomic E-state index is 12.4. The molecule has 1 saturated carbocycles. The van der Waals surface area contributed by atoms with E-state index in [-0.39, 0.29) is 18.7 Å². The van der Waals surface area contributed by atoms with Crippen LogP contribution in [0.1, 0.15) is 64.5 Å². The van der Waals surface area contributed by atoms with Gasteiger partial charge in [-0.2, -0.15) is 0 Å². The van der Waals surface area contributed by atoms with Gasteiger partial charge in [-0.3, -0.25) is 10.00 Å². The number of aromatic nitrogens is 2. The zero-order valence-electron chi connectivity index (χ0n) is 21.6. The Balaban J connectivity index is 1.58. The summed E-state index contributed by atoms with van der Waals surface area (Å²) in [5, 5.41) is 10.3. The first-order chi connectivity index (χ1) is 17.2. The molecule has 10 nitrogen and oxygen atoms in total. The number of alkyl carbamates (subject to hydrolysis) is 1. The molecule has 0 unspecified atom stereocenters. The van der Waals surface area contributed by atoms with Crippen molar-refractivity contribution >= 4 is 17.9 Å². The first kappa shape index (κ1) is 27.3. The Bertz CT molecular complexity index is 965. The molecule has 36 heavy (non-hydrogen) atoms. The van der Waals surface area contributed by atoms with Crippen LogP contribution in [-0.4, -0.2) is 53.9 Å².